The molecule has 4 saturated carbocycles. The normalized spacial score (nSPS) is 43.1. The van der Waals surface area contributed by atoms with E-state index < -0.39 is 5.41 Å². The molecule has 2 aromatic rings. The number of fused-ring (bicyclic) bond motifs is 7. The van der Waals surface area contributed by atoms with Gasteiger partial charge in [0.15, 0.2) is 5.78 Å². The first-order valence-corrected chi connectivity index (χ1v) is 17.6. The molecule has 0 aliphatic heterocycles. The van der Waals surface area contributed by atoms with Gasteiger partial charge in [-0.3, -0.25) is 14.2 Å². The van der Waals surface area contributed by atoms with Gasteiger partial charge in [-0.15, -0.1) is 0 Å². The van der Waals surface area contributed by atoms with Gasteiger partial charge >= 0.3 is 0 Å². The number of nitrogens with zero attached hydrogens (tertiary/aromatic N) is 4. The van der Waals surface area contributed by atoms with Crippen LogP contribution < -0.4 is 0 Å². The van der Waals surface area contributed by atoms with Crippen molar-refractivity contribution >= 4 is 17.9 Å². The van der Waals surface area contributed by atoms with Crippen LogP contribution in [-0.4, -0.2) is 30.8 Å². The van der Waals surface area contributed by atoms with Crippen LogP contribution in [0.5, 0.6) is 0 Å². The van der Waals surface area contributed by atoms with Gasteiger partial charge in [0.25, 0.3) is 0 Å². The Bertz CT molecular complexity index is 1620. The zero-order valence-corrected chi connectivity index (χ0v) is 29.1. The Hall–Kier alpha value is -2.76. The standard InChI is InChI=1S/C39H54N4O2/c1-24-12-15-39(34(45)43-21-19-41-27(43)4)17-16-37(8)29(32(39)25(24)2)10-11-31-36(7)22-28(23-42-20-18-40-26(42)3)33(44)35(5,6)30(36)13-14-38(31,37)9/h10,18-21,23-25,30-32H,11-17,22H2,1-9H3/b28-23-/t24-,25+,30+,31-,32+,36+,37-,38-,39+/m1/s1. The lowest BCUT2D eigenvalue weighted by Crippen LogP contribution is -2.65. The molecule has 0 aromatic carbocycles. The summed E-state index contributed by atoms with van der Waals surface area (Å²) in [6, 6.07) is 0. The lowest BCUT2D eigenvalue weighted by atomic mass is 9.33. The second kappa shape index (κ2) is 9.87. The predicted octanol–water partition coefficient (Wildman–Crippen LogP) is 8.71. The zero-order chi connectivity index (χ0) is 32.3. The molecule has 9 atom stereocenters. The third-order valence-electron chi connectivity index (χ3n) is 15.2. The Morgan fingerprint density at radius 3 is 2.29 bits per heavy atom. The Morgan fingerprint density at radius 1 is 0.911 bits per heavy atom. The molecule has 2 heterocycles. The summed E-state index contributed by atoms with van der Waals surface area (Å²) >= 11 is 0. The van der Waals surface area contributed by atoms with Crippen molar-refractivity contribution in [2.45, 2.75) is 114 Å². The van der Waals surface area contributed by atoms with E-state index in [1.165, 1.54) is 0 Å². The van der Waals surface area contributed by atoms with Crippen molar-refractivity contribution < 1.29 is 9.59 Å². The minimum Gasteiger partial charge on any atom is -0.310 e. The quantitative estimate of drug-likeness (QED) is 0.252. The molecule has 0 N–H and O–H groups in total. The van der Waals surface area contributed by atoms with Gasteiger partial charge in [-0.2, -0.15) is 0 Å². The highest BCUT2D eigenvalue weighted by Crippen LogP contribution is 2.76. The summed E-state index contributed by atoms with van der Waals surface area (Å²) < 4.78 is 3.88. The molecule has 6 nitrogen and oxygen atoms in total. The average molecular weight is 611 g/mol. The maximum atomic E-state index is 14.6. The molecule has 5 aliphatic carbocycles. The molecule has 45 heavy (non-hydrogen) atoms. The van der Waals surface area contributed by atoms with Crippen LogP contribution in [0.2, 0.25) is 0 Å². The minimum atomic E-state index is -0.413. The van der Waals surface area contributed by atoms with Gasteiger partial charge in [-0.25, -0.2) is 9.97 Å². The number of imidazole rings is 2. The monoisotopic (exact) mass is 610 g/mol. The van der Waals surface area contributed by atoms with Crippen LogP contribution >= 0.6 is 0 Å². The van der Waals surface area contributed by atoms with E-state index in [1.54, 1.807) is 11.8 Å². The molecule has 242 valence electrons. The van der Waals surface area contributed by atoms with Crippen molar-refractivity contribution in [3.05, 3.63) is 53.7 Å². The van der Waals surface area contributed by atoms with Gasteiger partial charge in [0.2, 0.25) is 5.91 Å². The van der Waals surface area contributed by atoms with Crippen molar-refractivity contribution in [2.24, 2.45) is 56.7 Å². The Balaban J connectivity index is 1.33. The molecular formula is C39H54N4O2. The highest BCUT2D eigenvalue weighted by Gasteiger charge is 2.70. The summed E-state index contributed by atoms with van der Waals surface area (Å²) in [6.45, 7) is 20.9. The second-order valence-electron chi connectivity index (χ2n) is 17.2. The van der Waals surface area contributed by atoms with E-state index in [0.717, 1.165) is 68.6 Å². The van der Waals surface area contributed by atoms with E-state index in [4.69, 9.17) is 0 Å². The van der Waals surface area contributed by atoms with Crippen LogP contribution in [0.4, 0.5) is 0 Å². The van der Waals surface area contributed by atoms with Crippen LogP contribution in [0.3, 0.4) is 0 Å². The molecule has 7 rings (SSSR count). The van der Waals surface area contributed by atoms with Crippen molar-refractivity contribution in [1.29, 1.82) is 0 Å². The Morgan fingerprint density at radius 2 is 1.62 bits per heavy atom. The molecule has 0 unspecified atom stereocenters. The SMILES string of the molecule is Cc1nccn1/C=C1/C[C@]2(C)[C@H]3CC=C4[C@@H]5[C@@H](C)[C@H](C)CC[C@]5(C(=O)n5ccnc5C)CC[C@@]4(C)[C@]3(C)CC[C@H]2C(C)(C)C1=O. The summed E-state index contributed by atoms with van der Waals surface area (Å²) in [5, 5.41) is 0. The van der Waals surface area contributed by atoms with Gasteiger partial charge in [0, 0.05) is 42.0 Å². The first-order chi connectivity index (χ1) is 21.1. The third kappa shape index (κ3) is 3.92. The number of hydrogen-bond donors (Lipinski definition) is 0. The number of ketones is 1. The topological polar surface area (TPSA) is 69.8 Å². The number of carbonyl (C=O) groups excluding carboxylic acids is 2. The van der Waals surface area contributed by atoms with Crippen molar-refractivity contribution in [3.8, 4) is 0 Å². The summed E-state index contributed by atoms with van der Waals surface area (Å²) in [7, 11) is 0. The molecule has 0 saturated heterocycles. The molecule has 0 radical (unpaired) electrons. The van der Waals surface area contributed by atoms with Gasteiger partial charge < -0.3 is 4.57 Å². The Labute approximate surface area is 270 Å². The lowest BCUT2D eigenvalue weighted by Gasteiger charge is -2.71. The lowest BCUT2D eigenvalue weighted by molar-refractivity contribution is -0.176. The van der Waals surface area contributed by atoms with Crippen LogP contribution in [-0.2, 0) is 4.79 Å². The number of hydrogen-bond acceptors (Lipinski definition) is 4. The van der Waals surface area contributed by atoms with Crippen LogP contribution in [0.15, 0.2) is 42.0 Å². The molecule has 0 spiro atoms. The maximum Gasteiger partial charge on any atom is 0.238 e. The second-order valence-corrected chi connectivity index (χ2v) is 17.2. The van der Waals surface area contributed by atoms with E-state index in [1.807, 2.05) is 41.6 Å². The average Bonchev–Trinajstić information content (AvgIpc) is 3.60. The van der Waals surface area contributed by atoms with Gasteiger partial charge in [0.05, 0.1) is 5.41 Å². The number of carbonyl (C=O) groups is 2. The number of rotatable bonds is 2. The van der Waals surface area contributed by atoms with E-state index in [9.17, 15) is 9.59 Å². The van der Waals surface area contributed by atoms with Crippen LogP contribution in [0.1, 0.15) is 116 Å². The first-order valence-electron chi connectivity index (χ1n) is 17.6. The van der Waals surface area contributed by atoms with Gasteiger partial charge in [-0.05, 0) is 111 Å². The van der Waals surface area contributed by atoms with Gasteiger partial charge in [0.1, 0.15) is 11.6 Å². The number of aromatic nitrogens is 4. The van der Waals surface area contributed by atoms with Crippen LogP contribution in [0, 0.1) is 70.5 Å². The molecule has 0 bridgehead atoms. The molecular weight excluding hydrogens is 556 g/mol. The number of aryl methyl sites for hydroxylation is 2. The predicted molar refractivity (Wildman–Crippen MR) is 178 cm³/mol. The molecule has 5 aliphatic rings. The summed E-state index contributed by atoms with van der Waals surface area (Å²) in [6.07, 6.45) is 20.3. The highest BCUT2D eigenvalue weighted by molar-refractivity contribution is 6.03. The smallest absolute Gasteiger partial charge is 0.238 e. The highest BCUT2D eigenvalue weighted by atomic mass is 16.2. The Kier molecular flexibility index (Phi) is 6.77. The number of Topliss-reactive ketones (excluding diaryl/α,β-unsaturated/α-hetero) is 1. The molecule has 4 fully saturated rings. The minimum absolute atomic E-state index is 0.000477. The van der Waals surface area contributed by atoms with Crippen molar-refractivity contribution in [2.75, 3.05) is 0 Å². The maximum absolute atomic E-state index is 14.6. The fraction of sp³-hybridized carbons (Fsp3) is 0.692. The van der Waals surface area contributed by atoms with Crippen molar-refractivity contribution in [1.82, 2.24) is 19.1 Å². The number of allylic oxidation sites excluding steroid dienone is 3. The molecule has 6 heteroatoms. The van der Waals surface area contributed by atoms with Crippen LogP contribution in [0.25, 0.3) is 6.20 Å². The van der Waals surface area contributed by atoms with E-state index in [0.29, 0.717) is 29.5 Å². The third-order valence-corrected chi connectivity index (χ3v) is 15.2. The van der Waals surface area contributed by atoms with E-state index in [-0.39, 0.29) is 33.5 Å². The van der Waals surface area contributed by atoms with E-state index >= 15 is 0 Å². The summed E-state index contributed by atoms with van der Waals surface area (Å²) in [5.74, 6) is 4.38. The summed E-state index contributed by atoms with van der Waals surface area (Å²) in [4.78, 5) is 37.6. The largest absolute Gasteiger partial charge is 0.310 e. The fourth-order valence-electron chi connectivity index (χ4n) is 12.3. The summed E-state index contributed by atoms with van der Waals surface area (Å²) in [5.41, 5.74) is 1.85. The molecule has 2 aromatic heterocycles. The van der Waals surface area contributed by atoms with Crippen molar-refractivity contribution in [3.63, 3.8) is 0 Å². The zero-order valence-electron chi connectivity index (χ0n) is 29.1. The van der Waals surface area contributed by atoms with Gasteiger partial charge in [-0.1, -0.05) is 60.1 Å². The first kappa shape index (κ1) is 30.9. The molecule has 0 amide bonds. The fourth-order valence-corrected chi connectivity index (χ4v) is 12.3. The van der Waals surface area contributed by atoms with E-state index in [2.05, 4.69) is 70.7 Å².